The molecule has 0 spiro atoms. The molecule has 1 saturated carbocycles. The molecule has 1 aliphatic heterocycles. The van der Waals surface area contributed by atoms with Gasteiger partial charge in [-0.05, 0) is 61.6 Å². The molecule has 2 aliphatic rings. The monoisotopic (exact) mass is 444 g/mol. The molecule has 3 N–H and O–H groups in total. The van der Waals surface area contributed by atoms with Gasteiger partial charge in [-0.3, -0.25) is 14.6 Å². The minimum Gasteiger partial charge on any atom is -0.349 e. The molecule has 0 atom stereocenters. The van der Waals surface area contributed by atoms with Crippen LogP contribution in [0.1, 0.15) is 39.9 Å². The predicted octanol–water partition coefficient (Wildman–Crippen LogP) is 2.03. The molecule has 0 unspecified atom stereocenters. The lowest BCUT2D eigenvalue weighted by molar-refractivity contribution is 0.0950. The van der Waals surface area contributed by atoms with Crippen LogP contribution >= 0.6 is 0 Å². The maximum atomic E-state index is 14.8. The van der Waals surface area contributed by atoms with E-state index in [2.05, 4.69) is 15.7 Å². The predicted molar refractivity (Wildman–Crippen MR) is 126 cm³/mol. The van der Waals surface area contributed by atoms with Crippen LogP contribution in [0.3, 0.4) is 0 Å². The molecule has 0 bridgehead atoms. The topological polar surface area (TPSA) is 77.2 Å². The molecule has 7 heteroatoms. The van der Waals surface area contributed by atoms with Crippen LogP contribution in [0, 0.1) is 19.7 Å². The first-order chi connectivity index (χ1) is 15.8. The number of amides is 1. The second-order valence-corrected chi connectivity index (χ2v) is 8.72. The third-order valence-electron chi connectivity index (χ3n) is 6.27. The average molecular weight is 445 g/mol. The second-order valence-electron chi connectivity index (χ2n) is 8.72. The third-order valence-corrected chi connectivity index (χ3v) is 6.27. The standard InChI is InChI=1S/C26H25FN4O2/c1-14-6-4-5-7-19(14)24-23-17(13-28-31(24)3)11-21(26(33)30-23)20-10-16(12-22(27)15(20)2)25(32)29-18-8-9-18/h4-7,10-13,18,28H,8-9H2,1-3H3,(H,29,32)(H,30,33). The van der Waals surface area contributed by atoms with Crippen LogP contribution in [-0.4, -0.2) is 29.0 Å². The molecule has 1 fully saturated rings. The molecule has 5 rings (SSSR count). The number of benzene rings is 2. The number of halogens is 1. The maximum Gasteiger partial charge on any atom is 0.256 e. The molecule has 33 heavy (non-hydrogen) atoms. The number of nitrogens with zero attached hydrogens (tertiary/aromatic N) is 1. The highest BCUT2D eigenvalue weighted by Crippen LogP contribution is 2.25. The lowest BCUT2D eigenvalue weighted by atomic mass is 9.97. The van der Waals surface area contributed by atoms with E-state index in [4.69, 9.17) is 0 Å². The highest BCUT2D eigenvalue weighted by atomic mass is 19.1. The number of pyridine rings is 1. The number of carbonyl (C=O) groups excluding carboxylic acids is 1. The summed E-state index contributed by atoms with van der Waals surface area (Å²) in [4.78, 5) is 28.8. The van der Waals surface area contributed by atoms with Crippen LogP contribution in [0.25, 0.3) is 23.0 Å². The van der Waals surface area contributed by atoms with Crippen molar-refractivity contribution in [3.63, 3.8) is 0 Å². The number of hydrogen-bond donors (Lipinski definition) is 3. The van der Waals surface area contributed by atoms with Crippen molar-refractivity contribution in [1.29, 1.82) is 0 Å². The van der Waals surface area contributed by atoms with Crippen molar-refractivity contribution in [2.75, 3.05) is 7.05 Å². The summed E-state index contributed by atoms with van der Waals surface area (Å²) in [6.07, 6.45) is 3.68. The first-order valence-electron chi connectivity index (χ1n) is 11.0. The Morgan fingerprint density at radius 2 is 1.85 bits per heavy atom. The van der Waals surface area contributed by atoms with Crippen LogP contribution in [0.15, 0.2) is 47.3 Å². The molecular weight excluding hydrogens is 419 g/mol. The van der Waals surface area contributed by atoms with Crippen LogP contribution < -0.4 is 26.9 Å². The molecule has 168 valence electrons. The summed E-state index contributed by atoms with van der Waals surface area (Å²) in [6, 6.07) is 12.7. The molecular formula is C26H25FN4O2. The lowest BCUT2D eigenvalue weighted by Gasteiger charge is -2.26. The Hall–Kier alpha value is -3.87. The highest BCUT2D eigenvalue weighted by Gasteiger charge is 2.25. The van der Waals surface area contributed by atoms with Gasteiger partial charge in [-0.2, -0.15) is 0 Å². The van der Waals surface area contributed by atoms with E-state index in [0.29, 0.717) is 22.0 Å². The van der Waals surface area contributed by atoms with Gasteiger partial charge in [0.25, 0.3) is 11.5 Å². The first kappa shape index (κ1) is 21.0. The fourth-order valence-corrected chi connectivity index (χ4v) is 4.19. The Bertz CT molecular complexity index is 1470. The number of aromatic nitrogens is 1. The Morgan fingerprint density at radius 1 is 1.09 bits per heavy atom. The molecule has 3 aromatic rings. The molecule has 0 saturated heterocycles. The van der Waals surface area contributed by atoms with E-state index >= 15 is 0 Å². The van der Waals surface area contributed by atoms with Crippen LogP contribution in [0.4, 0.5) is 4.39 Å². The van der Waals surface area contributed by atoms with E-state index < -0.39 is 5.82 Å². The van der Waals surface area contributed by atoms with Gasteiger partial charge in [0.05, 0.1) is 11.0 Å². The number of nitrogens with one attached hydrogen (secondary N) is 3. The van der Waals surface area contributed by atoms with Crippen molar-refractivity contribution in [2.24, 2.45) is 0 Å². The number of fused-ring (bicyclic) bond motifs is 1. The van der Waals surface area contributed by atoms with E-state index in [-0.39, 0.29) is 23.1 Å². The number of rotatable bonds is 4. The zero-order chi connectivity index (χ0) is 23.3. The van der Waals surface area contributed by atoms with Gasteiger partial charge in [0.15, 0.2) is 0 Å². The van der Waals surface area contributed by atoms with Gasteiger partial charge in [-0.1, -0.05) is 24.3 Å². The quantitative estimate of drug-likeness (QED) is 0.576. The first-order valence-corrected chi connectivity index (χ1v) is 11.0. The molecule has 1 aromatic heterocycles. The molecule has 2 aromatic carbocycles. The Kier molecular flexibility index (Phi) is 5.04. The minimum absolute atomic E-state index is 0.158. The van der Waals surface area contributed by atoms with E-state index in [1.165, 1.54) is 6.07 Å². The van der Waals surface area contributed by atoms with Gasteiger partial charge in [0, 0.05) is 41.2 Å². The van der Waals surface area contributed by atoms with E-state index in [1.54, 1.807) is 25.3 Å². The zero-order valence-electron chi connectivity index (χ0n) is 18.8. The van der Waals surface area contributed by atoms with Gasteiger partial charge in [-0.25, -0.2) is 4.39 Å². The summed E-state index contributed by atoms with van der Waals surface area (Å²) < 4.78 is 14.8. The van der Waals surface area contributed by atoms with Crippen molar-refractivity contribution < 1.29 is 9.18 Å². The smallest absolute Gasteiger partial charge is 0.256 e. The van der Waals surface area contributed by atoms with Gasteiger partial charge in [-0.15, -0.1) is 0 Å². The molecule has 1 aliphatic carbocycles. The second kappa shape index (κ2) is 7.92. The number of H-pyrrole nitrogens is 1. The SMILES string of the molecule is Cc1ccccc1C1=c2[nH]c(=O)c(-c3cc(C(=O)NC4CC4)cc(F)c3C)cc2=CNN1C. The summed E-state index contributed by atoms with van der Waals surface area (Å²) in [6.45, 7) is 3.64. The van der Waals surface area contributed by atoms with Crippen LogP contribution in [0.2, 0.25) is 0 Å². The summed E-state index contributed by atoms with van der Waals surface area (Å²) >= 11 is 0. The van der Waals surface area contributed by atoms with Gasteiger partial charge in [0.1, 0.15) is 5.82 Å². The van der Waals surface area contributed by atoms with Crippen LogP contribution in [-0.2, 0) is 0 Å². The van der Waals surface area contributed by atoms with Gasteiger partial charge in [0.2, 0.25) is 0 Å². The highest BCUT2D eigenvalue weighted by molar-refractivity contribution is 5.96. The fraction of sp³-hybridized carbons (Fsp3) is 0.231. The largest absolute Gasteiger partial charge is 0.349 e. The van der Waals surface area contributed by atoms with Gasteiger partial charge >= 0.3 is 0 Å². The van der Waals surface area contributed by atoms with E-state index in [0.717, 1.165) is 34.9 Å². The Balaban J connectivity index is 1.70. The molecule has 0 radical (unpaired) electrons. The molecule has 1 amide bonds. The Morgan fingerprint density at radius 3 is 2.58 bits per heavy atom. The summed E-state index contributed by atoms with van der Waals surface area (Å²) in [5.41, 5.74) is 7.04. The van der Waals surface area contributed by atoms with Gasteiger partial charge < -0.3 is 15.7 Å². The number of aryl methyl sites for hydroxylation is 1. The summed E-state index contributed by atoms with van der Waals surface area (Å²) in [5, 5.41) is 6.19. The minimum atomic E-state index is -0.514. The molecule has 6 nitrogen and oxygen atoms in total. The van der Waals surface area contributed by atoms with Crippen molar-refractivity contribution >= 4 is 17.8 Å². The van der Waals surface area contributed by atoms with Crippen molar-refractivity contribution in [3.8, 4) is 11.1 Å². The maximum absolute atomic E-state index is 14.8. The number of hydrazine groups is 1. The summed E-state index contributed by atoms with van der Waals surface area (Å²) in [7, 11) is 1.88. The van der Waals surface area contributed by atoms with E-state index in [9.17, 15) is 14.0 Å². The van der Waals surface area contributed by atoms with Crippen molar-refractivity contribution in [1.82, 2.24) is 20.7 Å². The van der Waals surface area contributed by atoms with Crippen LogP contribution in [0.5, 0.6) is 0 Å². The van der Waals surface area contributed by atoms with E-state index in [1.807, 2.05) is 43.2 Å². The number of carbonyl (C=O) groups is 1. The summed E-state index contributed by atoms with van der Waals surface area (Å²) in [5.74, 6) is -0.836. The zero-order valence-corrected chi connectivity index (χ0v) is 18.8. The molecule has 2 heterocycles. The van der Waals surface area contributed by atoms with Crippen molar-refractivity contribution in [3.05, 3.63) is 91.5 Å². The Labute approximate surface area is 190 Å². The number of aromatic amines is 1. The normalized spacial score (nSPS) is 14.9. The number of hydrogen-bond acceptors (Lipinski definition) is 4. The lowest BCUT2D eigenvalue weighted by Crippen LogP contribution is -2.48. The van der Waals surface area contributed by atoms with Crippen molar-refractivity contribution in [2.45, 2.75) is 32.7 Å². The third kappa shape index (κ3) is 3.80. The fourth-order valence-electron chi connectivity index (χ4n) is 4.19. The average Bonchev–Trinajstić information content (AvgIpc) is 3.60.